The summed E-state index contributed by atoms with van der Waals surface area (Å²) >= 11 is 4.79. The number of nitrogens with two attached hydrogens (primary N) is 1. The van der Waals surface area contributed by atoms with Gasteiger partial charge in [-0.15, -0.1) is 0 Å². The lowest BCUT2D eigenvalue weighted by molar-refractivity contribution is -0.126. The Morgan fingerprint density at radius 1 is 1.50 bits per heavy atom. The number of amides is 1. The Labute approximate surface area is 102 Å². The number of hydrogen-bond acceptors (Lipinski definition) is 4. The van der Waals surface area contributed by atoms with Crippen molar-refractivity contribution < 1.29 is 14.3 Å². The van der Waals surface area contributed by atoms with Crippen molar-refractivity contribution in [2.75, 3.05) is 26.9 Å². The minimum atomic E-state index is -0.154. The summed E-state index contributed by atoms with van der Waals surface area (Å²) in [6, 6.07) is -0.00368. The zero-order valence-corrected chi connectivity index (χ0v) is 10.6. The van der Waals surface area contributed by atoms with Gasteiger partial charge < -0.3 is 20.5 Å². The fourth-order valence-corrected chi connectivity index (χ4v) is 1.32. The van der Waals surface area contributed by atoms with Gasteiger partial charge in [0, 0.05) is 19.6 Å². The molecule has 16 heavy (non-hydrogen) atoms. The van der Waals surface area contributed by atoms with Crippen LogP contribution in [0.4, 0.5) is 0 Å². The first kappa shape index (κ1) is 15.3. The molecule has 0 radical (unpaired) electrons. The Balaban J connectivity index is 3.70. The highest BCUT2D eigenvalue weighted by Gasteiger charge is 2.11. The van der Waals surface area contributed by atoms with Crippen LogP contribution in [-0.2, 0) is 14.3 Å². The number of carbonyl (C=O) groups excluding carboxylic acids is 1. The van der Waals surface area contributed by atoms with Crippen molar-refractivity contribution in [3.8, 4) is 0 Å². The molecule has 0 aliphatic rings. The summed E-state index contributed by atoms with van der Waals surface area (Å²) in [4.78, 5) is 11.8. The Kier molecular flexibility index (Phi) is 9.07. The van der Waals surface area contributed by atoms with Gasteiger partial charge in [-0.05, 0) is 6.42 Å². The van der Waals surface area contributed by atoms with Crippen LogP contribution in [-0.4, -0.2) is 43.9 Å². The maximum Gasteiger partial charge on any atom is 0.246 e. The molecule has 0 aliphatic carbocycles. The second kappa shape index (κ2) is 9.50. The molecule has 0 spiro atoms. The third-order valence-corrected chi connectivity index (χ3v) is 2.14. The van der Waals surface area contributed by atoms with E-state index in [4.69, 9.17) is 27.4 Å². The van der Waals surface area contributed by atoms with E-state index in [0.29, 0.717) is 24.6 Å². The molecule has 5 nitrogen and oxygen atoms in total. The third-order valence-electron chi connectivity index (χ3n) is 1.97. The van der Waals surface area contributed by atoms with Crippen LogP contribution < -0.4 is 11.1 Å². The fourth-order valence-electron chi connectivity index (χ4n) is 1.12. The van der Waals surface area contributed by atoms with Crippen molar-refractivity contribution in [3.63, 3.8) is 0 Å². The van der Waals surface area contributed by atoms with Gasteiger partial charge >= 0.3 is 0 Å². The molecule has 0 saturated heterocycles. The van der Waals surface area contributed by atoms with E-state index in [-0.39, 0.29) is 18.6 Å². The number of nitrogens with one attached hydrogen (secondary N) is 1. The molecule has 6 heteroatoms. The second-order valence-electron chi connectivity index (χ2n) is 3.39. The summed E-state index contributed by atoms with van der Waals surface area (Å²) in [7, 11) is 1.58. The predicted octanol–water partition coefficient (Wildman–Crippen LogP) is 0.220. The van der Waals surface area contributed by atoms with Crippen molar-refractivity contribution in [3.05, 3.63) is 0 Å². The molecule has 0 bridgehead atoms. The van der Waals surface area contributed by atoms with E-state index < -0.39 is 0 Å². The number of carbonyl (C=O) groups is 1. The molecule has 0 fully saturated rings. The van der Waals surface area contributed by atoms with Gasteiger partial charge in [-0.1, -0.05) is 19.1 Å². The zero-order chi connectivity index (χ0) is 12.4. The minimum Gasteiger partial charge on any atom is -0.393 e. The number of hydrogen-bond donors (Lipinski definition) is 2. The smallest absolute Gasteiger partial charge is 0.246 e. The summed E-state index contributed by atoms with van der Waals surface area (Å²) in [5, 5.41) is 2.80. The van der Waals surface area contributed by atoms with Crippen molar-refractivity contribution in [1.29, 1.82) is 0 Å². The third kappa shape index (κ3) is 8.58. The average Bonchev–Trinajstić information content (AvgIpc) is 2.23. The molecule has 0 aromatic rings. The molecule has 1 amide bonds. The van der Waals surface area contributed by atoms with Crippen LogP contribution in [0.5, 0.6) is 0 Å². The van der Waals surface area contributed by atoms with Gasteiger partial charge in [-0.3, -0.25) is 4.79 Å². The Morgan fingerprint density at radius 2 is 2.19 bits per heavy atom. The zero-order valence-electron chi connectivity index (χ0n) is 9.82. The molecule has 1 atom stereocenters. The summed E-state index contributed by atoms with van der Waals surface area (Å²) in [5.41, 5.74) is 5.42. The predicted molar refractivity (Wildman–Crippen MR) is 66.3 cm³/mol. The van der Waals surface area contributed by atoms with Gasteiger partial charge in [0.1, 0.15) is 6.61 Å². The van der Waals surface area contributed by atoms with Gasteiger partial charge in [0.25, 0.3) is 0 Å². The van der Waals surface area contributed by atoms with Crippen LogP contribution >= 0.6 is 12.2 Å². The monoisotopic (exact) mass is 248 g/mol. The standard InChI is InChI=1S/C10H20N2O3S/c1-3-8(6-9(11)16)12-10(13)7-15-5-4-14-2/h8H,3-7H2,1-2H3,(H2,11,16)(H,12,13). The van der Waals surface area contributed by atoms with Crippen LogP contribution in [0.2, 0.25) is 0 Å². The first-order valence-corrected chi connectivity index (χ1v) is 5.65. The Bertz CT molecular complexity index is 224. The quantitative estimate of drug-likeness (QED) is 0.451. The van der Waals surface area contributed by atoms with Crippen molar-refractivity contribution in [2.24, 2.45) is 5.73 Å². The number of thiocarbonyl (C=S) groups is 1. The van der Waals surface area contributed by atoms with Gasteiger partial charge in [0.05, 0.1) is 18.2 Å². The van der Waals surface area contributed by atoms with Gasteiger partial charge in [0.2, 0.25) is 5.91 Å². The van der Waals surface area contributed by atoms with E-state index in [1.165, 1.54) is 0 Å². The molecule has 1 unspecified atom stereocenters. The lowest BCUT2D eigenvalue weighted by Crippen LogP contribution is -2.39. The topological polar surface area (TPSA) is 73.6 Å². The Hall–Kier alpha value is -0.720. The number of methoxy groups -OCH3 is 1. The highest BCUT2D eigenvalue weighted by molar-refractivity contribution is 7.80. The van der Waals surface area contributed by atoms with E-state index in [9.17, 15) is 4.79 Å². The van der Waals surface area contributed by atoms with E-state index in [2.05, 4.69) is 5.32 Å². The molecule has 3 N–H and O–H groups in total. The van der Waals surface area contributed by atoms with Gasteiger partial charge in [-0.2, -0.15) is 0 Å². The van der Waals surface area contributed by atoms with E-state index in [1.807, 2.05) is 6.92 Å². The van der Waals surface area contributed by atoms with Crippen LogP contribution in [0.25, 0.3) is 0 Å². The first-order valence-electron chi connectivity index (χ1n) is 5.24. The van der Waals surface area contributed by atoms with Gasteiger partial charge in [0.15, 0.2) is 0 Å². The largest absolute Gasteiger partial charge is 0.393 e. The lowest BCUT2D eigenvalue weighted by atomic mass is 10.1. The lowest BCUT2D eigenvalue weighted by Gasteiger charge is -2.16. The van der Waals surface area contributed by atoms with E-state index in [1.54, 1.807) is 7.11 Å². The average molecular weight is 248 g/mol. The van der Waals surface area contributed by atoms with Crippen molar-refractivity contribution >= 4 is 23.1 Å². The van der Waals surface area contributed by atoms with Crippen LogP contribution in [0.15, 0.2) is 0 Å². The maximum absolute atomic E-state index is 11.4. The molecule has 0 aliphatic heterocycles. The van der Waals surface area contributed by atoms with Crippen LogP contribution in [0, 0.1) is 0 Å². The molecule has 94 valence electrons. The van der Waals surface area contributed by atoms with Crippen LogP contribution in [0.3, 0.4) is 0 Å². The molecule has 0 rings (SSSR count). The first-order chi connectivity index (χ1) is 7.60. The molecule has 0 saturated carbocycles. The normalized spacial score (nSPS) is 12.1. The van der Waals surface area contributed by atoms with Crippen molar-refractivity contribution in [1.82, 2.24) is 5.32 Å². The maximum atomic E-state index is 11.4. The highest BCUT2D eigenvalue weighted by atomic mass is 32.1. The summed E-state index contributed by atoms with van der Waals surface area (Å²) in [6.07, 6.45) is 1.32. The molecule has 0 aromatic carbocycles. The molecular weight excluding hydrogens is 228 g/mol. The molecular formula is C10H20N2O3S. The summed E-state index contributed by atoms with van der Waals surface area (Å²) in [5.74, 6) is -0.154. The fraction of sp³-hybridized carbons (Fsp3) is 0.800. The molecule has 0 aromatic heterocycles. The van der Waals surface area contributed by atoms with E-state index >= 15 is 0 Å². The summed E-state index contributed by atoms with van der Waals surface area (Å²) in [6.45, 7) is 2.90. The Morgan fingerprint density at radius 3 is 2.69 bits per heavy atom. The van der Waals surface area contributed by atoms with Crippen molar-refractivity contribution in [2.45, 2.75) is 25.8 Å². The second-order valence-corrected chi connectivity index (χ2v) is 3.91. The number of ether oxygens (including phenoxy) is 2. The minimum absolute atomic E-state index is 0.00368. The highest BCUT2D eigenvalue weighted by Crippen LogP contribution is 1.97. The van der Waals surface area contributed by atoms with Gasteiger partial charge in [-0.25, -0.2) is 0 Å². The van der Waals surface area contributed by atoms with Crippen LogP contribution in [0.1, 0.15) is 19.8 Å². The molecule has 0 heterocycles. The summed E-state index contributed by atoms with van der Waals surface area (Å²) < 4.78 is 9.87. The number of rotatable bonds is 9. The van der Waals surface area contributed by atoms with E-state index in [0.717, 1.165) is 6.42 Å². The SMILES string of the molecule is CCC(CC(N)=S)NC(=O)COCCOC.